The Labute approximate surface area is 150 Å². The van der Waals surface area contributed by atoms with Crippen molar-refractivity contribution in [1.29, 1.82) is 0 Å². The van der Waals surface area contributed by atoms with Gasteiger partial charge >= 0.3 is 5.97 Å². The summed E-state index contributed by atoms with van der Waals surface area (Å²) in [5.74, 6) is 0.674. The van der Waals surface area contributed by atoms with Crippen LogP contribution < -0.4 is 10.1 Å². The Morgan fingerprint density at radius 2 is 1.72 bits per heavy atom. The van der Waals surface area contributed by atoms with E-state index >= 15 is 0 Å². The van der Waals surface area contributed by atoms with Crippen molar-refractivity contribution >= 4 is 5.97 Å². The molecule has 0 aliphatic heterocycles. The molecule has 0 saturated heterocycles. The number of carbonyl (C=O) groups is 1. The second-order valence-corrected chi connectivity index (χ2v) is 6.98. The number of esters is 1. The summed E-state index contributed by atoms with van der Waals surface area (Å²) in [6.45, 7) is 7.81. The summed E-state index contributed by atoms with van der Waals surface area (Å²) in [4.78, 5) is 11.7. The van der Waals surface area contributed by atoms with E-state index in [0.29, 0.717) is 26.3 Å². The molecule has 0 heterocycles. The van der Waals surface area contributed by atoms with Gasteiger partial charge in [-0.1, -0.05) is 42.5 Å². The maximum Gasteiger partial charge on any atom is 0.311 e. The van der Waals surface area contributed by atoms with Crippen molar-refractivity contribution in [3.63, 3.8) is 0 Å². The maximum atomic E-state index is 11.7. The first-order chi connectivity index (χ1) is 11.9. The fourth-order valence-corrected chi connectivity index (χ4v) is 2.15. The van der Waals surface area contributed by atoms with Gasteiger partial charge in [-0.2, -0.15) is 0 Å². The minimum absolute atomic E-state index is 0.175. The number of hydrogen-bond donors (Lipinski definition) is 1. The molecule has 0 fully saturated rings. The van der Waals surface area contributed by atoms with Crippen molar-refractivity contribution in [2.24, 2.45) is 5.41 Å². The van der Waals surface area contributed by atoms with Crippen LogP contribution in [-0.2, 0) is 22.7 Å². The van der Waals surface area contributed by atoms with Crippen molar-refractivity contribution < 1.29 is 14.3 Å². The molecule has 0 spiro atoms. The molecule has 2 aromatic rings. The summed E-state index contributed by atoms with van der Waals surface area (Å²) in [5, 5.41) is 3.28. The van der Waals surface area contributed by atoms with Crippen LogP contribution in [0.3, 0.4) is 0 Å². The van der Waals surface area contributed by atoms with E-state index < -0.39 is 5.41 Å². The molecule has 0 unspecified atom stereocenters. The lowest BCUT2D eigenvalue weighted by Crippen LogP contribution is -2.27. The van der Waals surface area contributed by atoms with Crippen LogP contribution in [0.15, 0.2) is 54.6 Å². The van der Waals surface area contributed by atoms with E-state index in [1.807, 2.05) is 75.4 Å². The standard InChI is InChI=1S/C21H27NO3/c1-21(2,3)20(23)24-13-12-22-15-18-10-7-11-19(14-18)25-16-17-8-5-4-6-9-17/h4-11,14,22H,12-13,15-16H2,1-3H3. The molecular weight excluding hydrogens is 314 g/mol. The Bertz CT molecular complexity index is 662. The fourth-order valence-electron chi connectivity index (χ4n) is 2.15. The Balaban J connectivity index is 1.71. The zero-order valence-electron chi connectivity index (χ0n) is 15.2. The zero-order chi connectivity index (χ0) is 18.1. The lowest BCUT2D eigenvalue weighted by molar-refractivity contribution is -0.152. The third kappa shape index (κ3) is 6.98. The van der Waals surface area contributed by atoms with Gasteiger partial charge in [-0.15, -0.1) is 0 Å². The van der Waals surface area contributed by atoms with E-state index in [-0.39, 0.29) is 5.97 Å². The van der Waals surface area contributed by atoms with Gasteiger partial charge < -0.3 is 14.8 Å². The molecule has 0 saturated carbocycles. The first kappa shape index (κ1) is 19.0. The van der Waals surface area contributed by atoms with Crippen molar-refractivity contribution in [3.8, 4) is 5.75 Å². The van der Waals surface area contributed by atoms with Gasteiger partial charge in [0.1, 0.15) is 19.0 Å². The Morgan fingerprint density at radius 3 is 2.44 bits per heavy atom. The lowest BCUT2D eigenvalue weighted by atomic mass is 9.97. The van der Waals surface area contributed by atoms with Crippen LogP contribution >= 0.6 is 0 Å². The molecule has 4 nitrogen and oxygen atoms in total. The van der Waals surface area contributed by atoms with Gasteiger partial charge in [0.2, 0.25) is 0 Å². The summed E-state index contributed by atoms with van der Waals surface area (Å²) >= 11 is 0. The van der Waals surface area contributed by atoms with E-state index in [4.69, 9.17) is 9.47 Å². The molecule has 0 aliphatic carbocycles. The maximum absolute atomic E-state index is 11.7. The molecule has 4 heteroatoms. The molecule has 0 atom stereocenters. The third-order valence-corrected chi connectivity index (χ3v) is 3.60. The average molecular weight is 341 g/mol. The molecule has 2 aromatic carbocycles. The summed E-state index contributed by atoms with van der Waals surface area (Å²) in [6.07, 6.45) is 0. The molecule has 2 rings (SSSR count). The number of nitrogens with one attached hydrogen (secondary N) is 1. The topological polar surface area (TPSA) is 47.6 Å². The Kier molecular flexibility index (Phi) is 7.02. The minimum atomic E-state index is -0.454. The molecule has 134 valence electrons. The van der Waals surface area contributed by atoms with Gasteiger partial charge in [0.15, 0.2) is 0 Å². The number of rotatable bonds is 8. The second kappa shape index (κ2) is 9.23. The number of ether oxygens (including phenoxy) is 2. The molecule has 0 amide bonds. The monoisotopic (exact) mass is 341 g/mol. The van der Waals surface area contributed by atoms with Gasteiger partial charge in [-0.3, -0.25) is 4.79 Å². The van der Waals surface area contributed by atoms with Crippen LogP contribution in [0, 0.1) is 5.41 Å². The normalized spacial score (nSPS) is 11.2. The summed E-state index contributed by atoms with van der Waals surface area (Å²) in [5.41, 5.74) is 1.82. The van der Waals surface area contributed by atoms with Crippen LogP contribution in [0.2, 0.25) is 0 Å². The largest absolute Gasteiger partial charge is 0.489 e. The molecule has 1 N–H and O–H groups in total. The van der Waals surface area contributed by atoms with Crippen LogP contribution in [0.4, 0.5) is 0 Å². The molecule has 0 aromatic heterocycles. The third-order valence-electron chi connectivity index (χ3n) is 3.60. The molecular formula is C21H27NO3. The van der Waals surface area contributed by atoms with E-state index in [2.05, 4.69) is 5.32 Å². The van der Waals surface area contributed by atoms with Crippen LogP contribution in [-0.4, -0.2) is 19.1 Å². The SMILES string of the molecule is CC(C)(C)C(=O)OCCNCc1cccc(OCc2ccccc2)c1. The van der Waals surface area contributed by atoms with E-state index in [1.54, 1.807) is 0 Å². The van der Waals surface area contributed by atoms with Crippen LogP contribution in [0.25, 0.3) is 0 Å². The van der Waals surface area contributed by atoms with Crippen LogP contribution in [0.5, 0.6) is 5.75 Å². The summed E-state index contributed by atoms with van der Waals surface area (Å²) < 4.78 is 11.1. The predicted molar refractivity (Wildman–Crippen MR) is 99.3 cm³/mol. The average Bonchev–Trinajstić information content (AvgIpc) is 2.60. The van der Waals surface area contributed by atoms with Crippen LogP contribution in [0.1, 0.15) is 31.9 Å². The summed E-state index contributed by atoms with van der Waals surface area (Å²) in [7, 11) is 0. The minimum Gasteiger partial charge on any atom is -0.489 e. The highest BCUT2D eigenvalue weighted by Crippen LogP contribution is 2.16. The first-order valence-electron chi connectivity index (χ1n) is 8.59. The van der Waals surface area contributed by atoms with Crippen molar-refractivity contribution in [3.05, 3.63) is 65.7 Å². The highest BCUT2D eigenvalue weighted by Gasteiger charge is 2.22. The van der Waals surface area contributed by atoms with Crippen molar-refractivity contribution in [1.82, 2.24) is 5.32 Å². The smallest absolute Gasteiger partial charge is 0.311 e. The fraction of sp³-hybridized carbons (Fsp3) is 0.381. The Hall–Kier alpha value is -2.33. The van der Waals surface area contributed by atoms with Crippen molar-refractivity contribution in [2.45, 2.75) is 33.9 Å². The molecule has 0 radical (unpaired) electrons. The van der Waals surface area contributed by atoms with E-state index in [1.165, 1.54) is 0 Å². The Morgan fingerprint density at radius 1 is 1.00 bits per heavy atom. The lowest BCUT2D eigenvalue weighted by Gasteiger charge is -2.16. The van der Waals surface area contributed by atoms with Gasteiger partial charge in [-0.25, -0.2) is 0 Å². The zero-order valence-corrected chi connectivity index (χ0v) is 15.2. The van der Waals surface area contributed by atoms with Crippen molar-refractivity contribution in [2.75, 3.05) is 13.2 Å². The highest BCUT2D eigenvalue weighted by atomic mass is 16.5. The summed E-state index contributed by atoms with van der Waals surface area (Å²) in [6, 6.07) is 18.1. The molecule has 0 bridgehead atoms. The highest BCUT2D eigenvalue weighted by molar-refractivity contribution is 5.75. The quantitative estimate of drug-likeness (QED) is 0.583. The molecule has 0 aliphatic rings. The number of benzene rings is 2. The van der Waals surface area contributed by atoms with Gasteiger partial charge in [0.05, 0.1) is 5.41 Å². The van der Waals surface area contributed by atoms with Gasteiger partial charge in [0.25, 0.3) is 0 Å². The first-order valence-corrected chi connectivity index (χ1v) is 8.59. The van der Waals surface area contributed by atoms with Gasteiger partial charge in [-0.05, 0) is 44.0 Å². The number of carbonyl (C=O) groups excluding carboxylic acids is 1. The van der Waals surface area contributed by atoms with E-state index in [9.17, 15) is 4.79 Å². The second-order valence-electron chi connectivity index (χ2n) is 6.98. The predicted octanol–water partition coefficient (Wildman–Crippen LogP) is 3.94. The van der Waals surface area contributed by atoms with E-state index in [0.717, 1.165) is 16.9 Å². The number of hydrogen-bond acceptors (Lipinski definition) is 4. The van der Waals surface area contributed by atoms with Gasteiger partial charge in [0, 0.05) is 13.1 Å². The molecule has 25 heavy (non-hydrogen) atoms.